The lowest BCUT2D eigenvalue weighted by Crippen LogP contribution is -2.28. The molecule has 12 heavy (non-hydrogen) atoms. The zero-order valence-electron chi connectivity index (χ0n) is 7.92. The van der Waals surface area contributed by atoms with Gasteiger partial charge in [-0.25, -0.2) is 0 Å². The minimum Gasteiger partial charge on any atom is -0.460 e. The summed E-state index contributed by atoms with van der Waals surface area (Å²) >= 11 is 1.90. The Labute approximate surface area is 78.1 Å². The average molecular weight is 188 g/mol. The molecule has 1 rings (SSSR count). The third-order valence-electron chi connectivity index (χ3n) is 1.58. The van der Waals surface area contributed by atoms with Gasteiger partial charge in [0.05, 0.1) is 0 Å². The maximum Gasteiger partial charge on any atom is 0.306 e. The highest BCUT2D eigenvalue weighted by atomic mass is 32.2. The van der Waals surface area contributed by atoms with Crippen molar-refractivity contribution in [2.24, 2.45) is 5.92 Å². The van der Waals surface area contributed by atoms with Crippen LogP contribution >= 0.6 is 11.8 Å². The minimum atomic E-state index is -0.325. The maximum atomic E-state index is 11.2. The van der Waals surface area contributed by atoms with Gasteiger partial charge in [0.25, 0.3) is 0 Å². The molecule has 0 bridgehead atoms. The van der Waals surface area contributed by atoms with Gasteiger partial charge in [0.15, 0.2) is 0 Å². The number of thioether (sulfide) groups is 1. The number of carbonyl (C=O) groups is 1. The summed E-state index contributed by atoms with van der Waals surface area (Å²) in [4.78, 5) is 11.2. The number of hydrogen-bond donors (Lipinski definition) is 0. The second kappa shape index (κ2) is 3.69. The van der Waals surface area contributed by atoms with Crippen LogP contribution in [-0.2, 0) is 9.53 Å². The Kier molecular flexibility index (Phi) is 3.04. The van der Waals surface area contributed by atoms with Crippen LogP contribution in [0.4, 0.5) is 0 Å². The van der Waals surface area contributed by atoms with E-state index >= 15 is 0 Å². The molecule has 1 aliphatic heterocycles. The molecule has 70 valence electrons. The largest absolute Gasteiger partial charge is 0.460 e. The molecule has 1 saturated heterocycles. The molecule has 0 aromatic heterocycles. The first-order chi connectivity index (χ1) is 5.47. The standard InChI is InChI=1S/C9H16O2S/c1-9(2,3)11-8(10)4-7-5-12-6-7/h7H,4-6H2,1-3H3. The van der Waals surface area contributed by atoms with E-state index in [0.29, 0.717) is 12.3 Å². The van der Waals surface area contributed by atoms with Crippen LogP contribution in [0.15, 0.2) is 0 Å². The van der Waals surface area contributed by atoms with Crippen LogP contribution in [-0.4, -0.2) is 23.1 Å². The van der Waals surface area contributed by atoms with Gasteiger partial charge in [-0.3, -0.25) is 4.79 Å². The quantitative estimate of drug-likeness (QED) is 0.621. The van der Waals surface area contributed by atoms with Crippen LogP contribution in [0.5, 0.6) is 0 Å². The molecule has 1 aliphatic rings. The first-order valence-electron chi connectivity index (χ1n) is 4.27. The predicted octanol–water partition coefficient (Wildman–Crippen LogP) is 2.08. The van der Waals surface area contributed by atoms with E-state index in [2.05, 4.69) is 0 Å². The van der Waals surface area contributed by atoms with Crippen molar-refractivity contribution in [2.45, 2.75) is 32.8 Å². The third kappa shape index (κ3) is 3.48. The van der Waals surface area contributed by atoms with Gasteiger partial charge in [-0.2, -0.15) is 11.8 Å². The second-order valence-electron chi connectivity index (χ2n) is 4.19. The maximum absolute atomic E-state index is 11.2. The molecule has 0 spiro atoms. The molecule has 2 nitrogen and oxygen atoms in total. The minimum absolute atomic E-state index is 0.0483. The molecule has 0 saturated carbocycles. The number of carbonyl (C=O) groups excluding carboxylic acids is 1. The molecule has 0 unspecified atom stereocenters. The number of esters is 1. The molecule has 0 amide bonds. The van der Waals surface area contributed by atoms with Crippen LogP contribution < -0.4 is 0 Å². The Morgan fingerprint density at radius 2 is 2.08 bits per heavy atom. The van der Waals surface area contributed by atoms with Gasteiger partial charge in [0.1, 0.15) is 5.60 Å². The SMILES string of the molecule is CC(C)(C)OC(=O)CC1CSC1. The highest BCUT2D eigenvalue weighted by molar-refractivity contribution is 8.00. The summed E-state index contributed by atoms with van der Waals surface area (Å²) in [7, 11) is 0. The van der Waals surface area contributed by atoms with Crippen molar-refractivity contribution in [3.05, 3.63) is 0 Å². The van der Waals surface area contributed by atoms with Gasteiger partial charge >= 0.3 is 5.97 Å². The van der Waals surface area contributed by atoms with E-state index in [9.17, 15) is 4.79 Å². The van der Waals surface area contributed by atoms with E-state index in [1.807, 2.05) is 32.5 Å². The third-order valence-corrected chi connectivity index (χ3v) is 3.00. The van der Waals surface area contributed by atoms with Crippen molar-refractivity contribution in [1.82, 2.24) is 0 Å². The van der Waals surface area contributed by atoms with E-state index < -0.39 is 0 Å². The molecule has 0 radical (unpaired) electrons. The van der Waals surface area contributed by atoms with Crippen molar-refractivity contribution in [1.29, 1.82) is 0 Å². The van der Waals surface area contributed by atoms with Gasteiger partial charge < -0.3 is 4.74 Å². The normalized spacial score (nSPS) is 18.6. The first kappa shape index (κ1) is 9.90. The van der Waals surface area contributed by atoms with E-state index in [4.69, 9.17) is 4.74 Å². The molecule has 0 aromatic rings. The fourth-order valence-corrected chi connectivity index (χ4v) is 1.83. The molecule has 0 atom stereocenters. The zero-order valence-corrected chi connectivity index (χ0v) is 8.74. The van der Waals surface area contributed by atoms with Gasteiger partial charge in [-0.1, -0.05) is 0 Å². The summed E-state index contributed by atoms with van der Waals surface area (Å²) in [5.41, 5.74) is -0.325. The van der Waals surface area contributed by atoms with E-state index in [1.165, 1.54) is 0 Å². The van der Waals surface area contributed by atoms with Gasteiger partial charge in [0, 0.05) is 6.42 Å². The lowest BCUT2D eigenvalue weighted by Gasteiger charge is -2.26. The summed E-state index contributed by atoms with van der Waals surface area (Å²) in [6.07, 6.45) is 0.601. The molecule has 3 heteroatoms. The summed E-state index contributed by atoms with van der Waals surface area (Å²) in [6, 6.07) is 0. The fourth-order valence-electron chi connectivity index (χ4n) is 1.02. The monoisotopic (exact) mass is 188 g/mol. The molecular formula is C9H16O2S. The van der Waals surface area contributed by atoms with Gasteiger partial charge in [-0.15, -0.1) is 0 Å². The number of rotatable bonds is 2. The van der Waals surface area contributed by atoms with E-state index in [1.54, 1.807) is 0 Å². The van der Waals surface area contributed by atoms with Crippen molar-refractivity contribution in [2.75, 3.05) is 11.5 Å². The molecule has 0 N–H and O–H groups in total. The fraction of sp³-hybridized carbons (Fsp3) is 0.889. The smallest absolute Gasteiger partial charge is 0.306 e. The summed E-state index contributed by atoms with van der Waals surface area (Å²) in [6.45, 7) is 5.71. The van der Waals surface area contributed by atoms with Crippen LogP contribution in [0.3, 0.4) is 0 Å². The van der Waals surface area contributed by atoms with Crippen LogP contribution in [0.1, 0.15) is 27.2 Å². The van der Waals surface area contributed by atoms with Gasteiger partial charge in [0.2, 0.25) is 0 Å². The lowest BCUT2D eigenvalue weighted by atomic mass is 10.1. The Balaban J connectivity index is 2.19. The topological polar surface area (TPSA) is 26.3 Å². The van der Waals surface area contributed by atoms with E-state index in [0.717, 1.165) is 11.5 Å². The Morgan fingerprint density at radius 1 is 1.50 bits per heavy atom. The first-order valence-corrected chi connectivity index (χ1v) is 5.42. The van der Waals surface area contributed by atoms with Crippen molar-refractivity contribution in [3.63, 3.8) is 0 Å². The van der Waals surface area contributed by atoms with Crippen LogP contribution in [0.2, 0.25) is 0 Å². The summed E-state index contributed by atoms with van der Waals surface area (Å²) in [5, 5.41) is 0. The van der Waals surface area contributed by atoms with Crippen LogP contribution in [0.25, 0.3) is 0 Å². The molecular weight excluding hydrogens is 172 g/mol. The lowest BCUT2D eigenvalue weighted by molar-refractivity contribution is -0.155. The Hall–Kier alpha value is -0.180. The average Bonchev–Trinajstić information content (AvgIpc) is 1.74. The molecule has 0 aromatic carbocycles. The van der Waals surface area contributed by atoms with E-state index in [-0.39, 0.29) is 11.6 Å². The van der Waals surface area contributed by atoms with Crippen molar-refractivity contribution in [3.8, 4) is 0 Å². The van der Waals surface area contributed by atoms with Crippen molar-refractivity contribution >= 4 is 17.7 Å². The Morgan fingerprint density at radius 3 is 2.42 bits per heavy atom. The van der Waals surface area contributed by atoms with Crippen LogP contribution in [0, 0.1) is 5.92 Å². The number of hydrogen-bond acceptors (Lipinski definition) is 3. The molecule has 0 aliphatic carbocycles. The molecule has 1 fully saturated rings. The Bertz CT molecular complexity index is 168. The molecule has 1 heterocycles. The number of ether oxygens (including phenoxy) is 1. The summed E-state index contributed by atoms with van der Waals surface area (Å²) < 4.78 is 5.20. The van der Waals surface area contributed by atoms with Crippen molar-refractivity contribution < 1.29 is 9.53 Å². The second-order valence-corrected chi connectivity index (χ2v) is 5.27. The van der Waals surface area contributed by atoms with Gasteiger partial charge in [-0.05, 0) is 38.2 Å². The zero-order chi connectivity index (χ0) is 9.19. The summed E-state index contributed by atoms with van der Waals surface area (Å²) in [5.74, 6) is 2.77. The predicted molar refractivity (Wildman–Crippen MR) is 51.3 cm³/mol. The highest BCUT2D eigenvalue weighted by Crippen LogP contribution is 2.28. The highest BCUT2D eigenvalue weighted by Gasteiger charge is 2.24.